The number of hydrogen-bond acceptors (Lipinski definition) is 1. The van der Waals surface area contributed by atoms with Crippen LogP contribution in [0.5, 0.6) is 0 Å². The second-order valence-electron chi connectivity index (χ2n) is 6.64. The van der Waals surface area contributed by atoms with Gasteiger partial charge in [0.2, 0.25) is 0 Å². The van der Waals surface area contributed by atoms with Gasteiger partial charge < -0.3 is 4.74 Å². The summed E-state index contributed by atoms with van der Waals surface area (Å²) in [6, 6.07) is 8.80. The highest BCUT2D eigenvalue weighted by Gasteiger charge is 2.34. The van der Waals surface area contributed by atoms with Crippen LogP contribution in [-0.2, 0) is 11.2 Å². The third-order valence-electron chi connectivity index (χ3n) is 3.86. The van der Waals surface area contributed by atoms with Crippen molar-refractivity contribution in [2.45, 2.75) is 51.1 Å². The Kier molecular flexibility index (Phi) is 2.95. The molecule has 1 aromatic carbocycles. The molecule has 2 unspecified atom stereocenters. The molecule has 2 atom stereocenters. The van der Waals surface area contributed by atoms with E-state index in [9.17, 15) is 0 Å². The second-order valence-corrected chi connectivity index (χ2v) is 11.7. The van der Waals surface area contributed by atoms with E-state index >= 15 is 0 Å². The summed E-state index contributed by atoms with van der Waals surface area (Å²) in [4.78, 5) is 0. The fourth-order valence-electron chi connectivity index (χ4n) is 3.18. The molecule has 18 heavy (non-hydrogen) atoms. The van der Waals surface area contributed by atoms with Crippen LogP contribution in [0, 0.1) is 0 Å². The topological polar surface area (TPSA) is 9.23 Å². The largest absolute Gasteiger partial charge is 0.366 e. The van der Waals surface area contributed by atoms with Crippen molar-refractivity contribution < 1.29 is 4.74 Å². The molecule has 3 rings (SSSR count). The van der Waals surface area contributed by atoms with Crippen LogP contribution in [-0.4, -0.2) is 14.2 Å². The first-order valence-electron chi connectivity index (χ1n) is 6.98. The van der Waals surface area contributed by atoms with E-state index in [4.69, 9.17) is 4.74 Å². The number of rotatable bonds is 1. The van der Waals surface area contributed by atoms with Gasteiger partial charge in [-0.1, -0.05) is 49.6 Å². The highest BCUT2D eigenvalue weighted by molar-refractivity contribution is 6.81. The van der Waals surface area contributed by atoms with Crippen molar-refractivity contribution in [1.29, 1.82) is 0 Å². The van der Waals surface area contributed by atoms with Crippen molar-refractivity contribution in [1.82, 2.24) is 0 Å². The van der Waals surface area contributed by atoms with E-state index in [1.165, 1.54) is 17.5 Å². The molecule has 2 aliphatic heterocycles. The predicted octanol–water partition coefficient (Wildman–Crippen LogP) is 4.27. The monoisotopic (exact) mass is 258 g/mol. The van der Waals surface area contributed by atoms with E-state index in [0.29, 0.717) is 12.2 Å². The van der Waals surface area contributed by atoms with Gasteiger partial charge in [0.05, 0.1) is 20.3 Å². The Balaban J connectivity index is 1.92. The van der Waals surface area contributed by atoms with Crippen molar-refractivity contribution in [2.24, 2.45) is 0 Å². The van der Waals surface area contributed by atoms with Crippen LogP contribution < -0.4 is 0 Å². The average molecular weight is 258 g/mol. The summed E-state index contributed by atoms with van der Waals surface area (Å²) in [7, 11) is -1.13. The first-order chi connectivity index (χ1) is 8.53. The van der Waals surface area contributed by atoms with Gasteiger partial charge in [-0.05, 0) is 29.5 Å². The van der Waals surface area contributed by atoms with Gasteiger partial charge in [-0.2, -0.15) is 0 Å². The zero-order valence-electron chi connectivity index (χ0n) is 11.6. The minimum absolute atomic E-state index is 0.346. The molecule has 2 heteroatoms. The zero-order valence-corrected chi connectivity index (χ0v) is 12.6. The molecule has 0 radical (unpaired) electrons. The van der Waals surface area contributed by atoms with Crippen LogP contribution in [0.4, 0.5) is 0 Å². The van der Waals surface area contributed by atoms with Gasteiger partial charge in [-0.25, -0.2) is 0 Å². The van der Waals surface area contributed by atoms with Gasteiger partial charge in [0, 0.05) is 6.42 Å². The fraction of sp³-hybridized carbons (Fsp3) is 0.500. The molecule has 0 spiro atoms. The smallest absolute Gasteiger partial charge is 0.0839 e. The number of ether oxygens (including phenoxy) is 1. The van der Waals surface area contributed by atoms with Crippen LogP contribution in [0.2, 0.25) is 19.6 Å². The van der Waals surface area contributed by atoms with Gasteiger partial charge >= 0.3 is 0 Å². The fourth-order valence-corrected chi connectivity index (χ4v) is 4.62. The molecule has 1 aromatic rings. The lowest BCUT2D eigenvalue weighted by Crippen LogP contribution is -2.34. The Morgan fingerprint density at radius 1 is 1.17 bits per heavy atom. The van der Waals surface area contributed by atoms with Crippen LogP contribution in [0.1, 0.15) is 30.1 Å². The normalized spacial score (nSPS) is 29.2. The lowest BCUT2D eigenvalue weighted by atomic mass is 9.84. The minimum atomic E-state index is -1.13. The second kappa shape index (κ2) is 4.36. The quantitative estimate of drug-likeness (QED) is 0.684. The molecular formula is C16H22OSi. The third-order valence-corrected chi connectivity index (χ3v) is 5.10. The summed E-state index contributed by atoms with van der Waals surface area (Å²) in [5.74, 6) is 0. The van der Waals surface area contributed by atoms with Crippen molar-refractivity contribution in [3.8, 4) is 0 Å². The van der Waals surface area contributed by atoms with Crippen LogP contribution in [0.15, 0.2) is 35.5 Å². The Morgan fingerprint density at radius 2 is 1.94 bits per heavy atom. The molecule has 0 amide bonds. The summed E-state index contributed by atoms with van der Waals surface area (Å²) in [6.07, 6.45) is 4.16. The number of benzene rings is 1. The maximum absolute atomic E-state index is 6.26. The maximum Gasteiger partial charge on any atom is 0.0839 e. The summed E-state index contributed by atoms with van der Waals surface area (Å²) in [5, 5.41) is 0. The lowest BCUT2D eigenvalue weighted by molar-refractivity contribution is -0.0317. The molecular weight excluding hydrogens is 236 g/mol. The lowest BCUT2D eigenvalue weighted by Gasteiger charge is -2.39. The van der Waals surface area contributed by atoms with Crippen molar-refractivity contribution in [2.75, 3.05) is 0 Å². The highest BCUT2D eigenvalue weighted by Crippen LogP contribution is 2.41. The van der Waals surface area contributed by atoms with Crippen LogP contribution >= 0.6 is 0 Å². The predicted molar refractivity (Wildman–Crippen MR) is 78.4 cm³/mol. The summed E-state index contributed by atoms with van der Waals surface area (Å²) >= 11 is 0. The third kappa shape index (κ3) is 2.32. The molecule has 2 heterocycles. The van der Waals surface area contributed by atoms with Gasteiger partial charge in [-0.3, -0.25) is 0 Å². The maximum atomic E-state index is 6.26. The Bertz CT molecular complexity index is 484. The molecule has 1 nitrogen and oxygen atoms in total. The molecule has 0 N–H and O–H groups in total. The summed E-state index contributed by atoms with van der Waals surface area (Å²) < 4.78 is 6.26. The van der Waals surface area contributed by atoms with E-state index in [1.54, 1.807) is 5.57 Å². The van der Waals surface area contributed by atoms with Gasteiger partial charge in [0.25, 0.3) is 0 Å². The molecule has 0 aromatic heterocycles. The number of fused-ring (bicyclic) bond motifs is 4. The Morgan fingerprint density at radius 3 is 2.72 bits per heavy atom. The first kappa shape index (κ1) is 12.2. The van der Waals surface area contributed by atoms with Gasteiger partial charge in [-0.15, -0.1) is 0 Å². The molecule has 2 aliphatic rings. The molecule has 2 bridgehead atoms. The van der Waals surface area contributed by atoms with Gasteiger partial charge in [0.1, 0.15) is 0 Å². The van der Waals surface area contributed by atoms with Crippen LogP contribution in [0.3, 0.4) is 0 Å². The summed E-state index contributed by atoms with van der Waals surface area (Å²) in [6.45, 7) is 7.22. The Hall–Kier alpha value is -0.863. The van der Waals surface area contributed by atoms with Crippen molar-refractivity contribution in [3.63, 3.8) is 0 Å². The Labute approximate surface area is 111 Å². The van der Waals surface area contributed by atoms with Crippen LogP contribution in [0.25, 0.3) is 0 Å². The molecule has 96 valence electrons. The molecule has 1 saturated heterocycles. The standard InChI is InChI=1S/C16H22OSi/c1-18(2,3)11-13-8-9-15-14-7-5-4-6-12(14)10-16(13)17-15/h4-7,11,15-16H,8-10H2,1-3H3/b13-11+. The van der Waals surface area contributed by atoms with E-state index in [0.717, 1.165) is 12.8 Å². The molecule has 0 aliphatic carbocycles. The van der Waals surface area contributed by atoms with E-state index in [1.807, 2.05) is 0 Å². The van der Waals surface area contributed by atoms with E-state index in [-0.39, 0.29) is 0 Å². The highest BCUT2D eigenvalue weighted by atomic mass is 28.3. The molecule has 1 fully saturated rings. The van der Waals surface area contributed by atoms with E-state index in [2.05, 4.69) is 49.6 Å². The van der Waals surface area contributed by atoms with E-state index < -0.39 is 8.07 Å². The summed E-state index contributed by atoms with van der Waals surface area (Å²) in [5.41, 5.74) is 7.06. The van der Waals surface area contributed by atoms with Crippen molar-refractivity contribution >= 4 is 8.07 Å². The average Bonchev–Trinajstić information content (AvgIpc) is 2.31. The SMILES string of the molecule is C[Si](C)(C)/C=C1\CCC2OC1Cc1ccccc12. The minimum Gasteiger partial charge on any atom is -0.366 e. The zero-order chi connectivity index (χ0) is 12.8. The van der Waals surface area contributed by atoms with Gasteiger partial charge in [0.15, 0.2) is 0 Å². The van der Waals surface area contributed by atoms with Crippen molar-refractivity contribution in [3.05, 3.63) is 46.7 Å². The first-order valence-corrected chi connectivity index (χ1v) is 10.6. The number of hydrogen-bond donors (Lipinski definition) is 0. The molecule has 0 saturated carbocycles.